The number of nitrogens with one attached hydrogen (secondary N) is 1. The van der Waals surface area contributed by atoms with Crippen molar-refractivity contribution in [3.8, 4) is 5.75 Å². The third-order valence-corrected chi connectivity index (χ3v) is 8.01. The van der Waals surface area contributed by atoms with Crippen molar-refractivity contribution in [3.63, 3.8) is 0 Å². The first-order valence-electron chi connectivity index (χ1n) is 12.2. The maximum atomic E-state index is 14.6. The van der Waals surface area contributed by atoms with Crippen LogP contribution in [0.1, 0.15) is 26.3 Å². The molecule has 0 heterocycles. The van der Waals surface area contributed by atoms with E-state index in [2.05, 4.69) is 5.32 Å². The number of hydrogen-bond donors (Lipinski definition) is 1. The van der Waals surface area contributed by atoms with Crippen LogP contribution in [0.3, 0.4) is 0 Å². The fraction of sp³-hybridized carbons (Fsp3) is 0.286. The molecule has 3 aromatic carbocycles. The van der Waals surface area contributed by atoms with E-state index < -0.39 is 40.2 Å². The van der Waals surface area contributed by atoms with Gasteiger partial charge in [0.25, 0.3) is 10.0 Å². The third-order valence-electron chi connectivity index (χ3n) is 5.93. The molecule has 0 unspecified atom stereocenters. The lowest BCUT2D eigenvalue weighted by Crippen LogP contribution is -2.52. The first kappa shape index (κ1) is 29.9. The number of hydrogen-bond acceptors (Lipinski definition) is 5. The van der Waals surface area contributed by atoms with E-state index in [0.29, 0.717) is 5.75 Å². The average molecular weight is 576 g/mol. The average Bonchev–Trinajstić information content (AvgIpc) is 2.90. The van der Waals surface area contributed by atoms with E-state index in [1.165, 1.54) is 62.6 Å². The van der Waals surface area contributed by atoms with E-state index in [9.17, 15) is 22.4 Å². The maximum Gasteiger partial charge on any atom is 0.264 e. The molecule has 0 fully saturated rings. The number of carbonyl (C=O) groups is 2. The van der Waals surface area contributed by atoms with E-state index in [1.807, 2.05) is 0 Å². The van der Waals surface area contributed by atoms with Gasteiger partial charge in [0.05, 0.1) is 22.7 Å². The summed E-state index contributed by atoms with van der Waals surface area (Å²) in [7, 11) is -2.83. The predicted octanol–water partition coefficient (Wildman–Crippen LogP) is 4.62. The molecule has 3 aromatic rings. The Morgan fingerprint density at radius 1 is 1.00 bits per heavy atom. The quantitative estimate of drug-likeness (QED) is 0.360. The molecule has 0 spiro atoms. The molecule has 0 saturated carbocycles. The van der Waals surface area contributed by atoms with Crippen molar-refractivity contribution < 1.29 is 27.1 Å². The molecule has 0 aliphatic rings. The summed E-state index contributed by atoms with van der Waals surface area (Å²) in [5.41, 5.74) is 0.295. The summed E-state index contributed by atoms with van der Waals surface area (Å²) in [5.74, 6) is -1.40. The van der Waals surface area contributed by atoms with Crippen LogP contribution in [-0.4, -0.2) is 50.9 Å². The Bertz CT molecular complexity index is 1420. The third kappa shape index (κ3) is 7.27. The number of halogens is 2. The summed E-state index contributed by atoms with van der Waals surface area (Å²) in [4.78, 5) is 27.8. The largest absolute Gasteiger partial charge is 0.495 e. The van der Waals surface area contributed by atoms with Crippen molar-refractivity contribution >= 4 is 39.1 Å². The van der Waals surface area contributed by atoms with Crippen LogP contribution in [0.4, 0.5) is 10.1 Å². The Labute approximate surface area is 233 Å². The maximum absolute atomic E-state index is 14.6. The molecule has 39 heavy (non-hydrogen) atoms. The van der Waals surface area contributed by atoms with Gasteiger partial charge in [-0.05, 0) is 57.2 Å². The summed E-state index contributed by atoms with van der Waals surface area (Å²) in [6.07, 6.45) is 0. The van der Waals surface area contributed by atoms with Gasteiger partial charge in [0.2, 0.25) is 11.8 Å². The minimum absolute atomic E-state index is 0.0454. The number of ether oxygens (including phenoxy) is 1. The van der Waals surface area contributed by atoms with Crippen molar-refractivity contribution in [1.82, 2.24) is 10.2 Å². The van der Waals surface area contributed by atoms with Crippen LogP contribution in [-0.2, 0) is 26.2 Å². The number of carbonyl (C=O) groups excluding carboxylic acids is 2. The van der Waals surface area contributed by atoms with Crippen molar-refractivity contribution in [2.75, 3.05) is 18.0 Å². The monoisotopic (exact) mass is 575 g/mol. The summed E-state index contributed by atoms with van der Waals surface area (Å²) >= 11 is 6.30. The molecule has 1 N–H and O–H groups in total. The highest BCUT2D eigenvalue weighted by molar-refractivity contribution is 7.92. The van der Waals surface area contributed by atoms with E-state index >= 15 is 0 Å². The molecule has 2 amide bonds. The minimum atomic E-state index is -4.25. The van der Waals surface area contributed by atoms with Crippen LogP contribution in [0.2, 0.25) is 5.02 Å². The van der Waals surface area contributed by atoms with Crippen molar-refractivity contribution in [1.29, 1.82) is 0 Å². The number of amides is 2. The molecule has 0 aliphatic carbocycles. The van der Waals surface area contributed by atoms with Gasteiger partial charge in [-0.2, -0.15) is 0 Å². The summed E-state index contributed by atoms with van der Waals surface area (Å²) in [6, 6.07) is 16.6. The van der Waals surface area contributed by atoms with Gasteiger partial charge in [0.1, 0.15) is 24.2 Å². The Morgan fingerprint density at radius 3 is 2.23 bits per heavy atom. The topological polar surface area (TPSA) is 96.0 Å². The second-order valence-electron chi connectivity index (χ2n) is 9.10. The molecule has 1 atom stereocenters. The number of sulfonamides is 1. The number of benzene rings is 3. The molecular formula is C28H31ClFN3O5S. The molecule has 3 rings (SSSR count). The predicted molar refractivity (Wildman–Crippen MR) is 149 cm³/mol. The highest BCUT2D eigenvalue weighted by Crippen LogP contribution is 2.32. The van der Waals surface area contributed by atoms with Crippen molar-refractivity contribution in [3.05, 3.63) is 89.2 Å². The van der Waals surface area contributed by atoms with E-state index in [-0.39, 0.29) is 33.8 Å². The van der Waals surface area contributed by atoms with Gasteiger partial charge < -0.3 is 15.0 Å². The second kappa shape index (κ2) is 12.9. The van der Waals surface area contributed by atoms with Crippen LogP contribution in [0, 0.1) is 5.82 Å². The highest BCUT2D eigenvalue weighted by atomic mass is 35.5. The first-order chi connectivity index (χ1) is 18.4. The lowest BCUT2D eigenvalue weighted by atomic mass is 10.1. The van der Waals surface area contributed by atoms with E-state index in [0.717, 1.165) is 9.21 Å². The number of anilines is 1. The number of methoxy groups -OCH3 is 1. The fourth-order valence-corrected chi connectivity index (χ4v) is 5.54. The van der Waals surface area contributed by atoms with E-state index in [4.69, 9.17) is 16.3 Å². The van der Waals surface area contributed by atoms with Crippen LogP contribution in [0.5, 0.6) is 5.75 Å². The summed E-state index contributed by atoms with van der Waals surface area (Å²) in [6.45, 7) is 4.13. The van der Waals surface area contributed by atoms with Gasteiger partial charge in [-0.1, -0.05) is 48.0 Å². The first-order valence-corrected chi connectivity index (χ1v) is 14.0. The van der Waals surface area contributed by atoms with Crippen LogP contribution < -0.4 is 14.4 Å². The van der Waals surface area contributed by atoms with Crippen LogP contribution in [0.25, 0.3) is 0 Å². The normalized spacial score (nSPS) is 12.1. The van der Waals surface area contributed by atoms with Crippen molar-refractivity contribution in [2.24, 2.45) is 0 Å². The van der Waals surface area contributed by atoms with Crippen LogP contribution in [0.15, 0.2) is 77.7 Å². The summed E-state index contributed by atoms with van der Waals surface area (Å²) in [5, 5.41) is 2.89. The lowest BCUT2D eigenvalue weighted by Gasteiger charge is -2.32. The second-order valence-corrected chi connectivity index (χ2v) is 11.4. The zero-order chi connectivity index (χ0) is 28.7. The Hall–Kier alpha value is -3.63. The fourth-order valence-electron chi connectivity index (χ4n) is 3.86. The molecule has 208 valence electrons. The van der Waals surface area contributed by atoms with Gasteiger partial charge in [0, 0.05) is 18.2 Å². The SMILES string of the molecule is COc1ccc(N(CC(=O)N(Cc2ccccc2F)[C@@H](C)C(=O)NC(C)C)S(=O)(=O)c2ccccc2)cc1Cl. The molecule has 0 radical (unpaired) electrons. The molecular weight excluding hydrogens is 545 g/mol. The Balaban J connectivity index is 2.07. The van der Waals surface area contributed by atoms with E-state index in [1.54, 1.807) is 38.1 Å². The molecule has 8 nitrogen and oxygen atoms in total. The Kier molecular flexibility index (Phi) is 9.93. The molecule has 0 aromatic heterocycles. The zero-order valence-corrected chi connectivity index (χ0v) is 23.7. The van der Waals surface area contributed by atoms with Gasteiger partial charge >= 0.3 is 0 Å². The van der Waals surface area contributed by atoms with Crippen molar-refractivity contribution in [2.45, 2.75) is 44.3 Å². The molecule has 11 heteroatoms. The Morgan fingerprint density at radius 2 is 1.64 bits per heavy atom. The van der Waals surface area contributed by atoms with Gasteiger partial charge in [-0.25, -0.2) is 12.8 Å². The summed E-state index contributed by atoms with van der Waals surface area (Å²) < 4.78 is 48.2. The van der Waals surface area contributed by atoms with Crippen LogP contribution >= 0.6 is 11.6 Å². The van der Waals surface area contributed by atoms with Gasteiger partial charge in [-0.3, -0.25) is 13.9 Å². The zero-order valence-electron chi connectivity index (χ0n) is 22.1. The standard InChI is InChI=1S/C28H31ClFN3O5S/c1-19(2)31-28(35)20(3)32(17-21-10-8-9-13-25(21)30)27(34)18-33(22-14-15-26(38-4)24(29)16-22)39(36,37)23-11-6-5-7-12-23/h5-16,19-20H,17-18H2,1-4H3,(H,31,35)/t20-/m0/s1. The lowest BCUT2D eigenvalue weighted by molar-refractivity contribution is -0.139. The number of rotatable bonds is 11. The minimum Gasteiger partial charge on any atom is -0.495 e. The molecule has 0 aliphatic heterocycles. The number of nitrogens with zero attached hydrogens (tertiary/aromatic N) is 2. The molecule has 0 saturated heterocycles. The molecule has 0 bridgehead atoms. The highest BCUT2D eigenvalue weighted by Gasteiger charge is 2.33. The smallest absolute Gasteiger partial charge is 0.264 e. The van der Waals surface area contributed by atoms with Gasteiger partial charge in [-0.15, -0.1) is 0 Å². The van der Waals surface area contributed by atoms with Gasteiger partial charge in [0.15, 0.2) is 0 Å².